The number of benzene rings is 2. The average Bonchev–Trinajstić information content (AvgIpc) is 3.30. The van der Waals surface area contributed by atoms with Crippen LogP contribution in [0.5, 0.6) is 11.6 Å². The Morgan fingerprint density at radius 2 is 1.89 bits per heavy atom. The Morgan fingerprint density at radius 1 is 1.04 bits per heavy atom. The lowest BCUT2D eigenvalue weighted by Crippen LogP contribution is -2.13. The van der Waals surface area contributed by atoms with Gasteiger partial charge in [0.15, 0.2) is 0 Å². The normalized spacial score (nSPS) is 11.1. The summed E-state index contributed by atoms with van der Waals surface area (Å²) in [6, 6.07) is 16.4. The molecule has 0 aliphatic heterocycles. The van der Waals surface area contributed by atoms with Crippen LogP contribution in [-0.2, 0) is 13.0 Å². The van der Waals surface area contributed by atoms with Crippen molar-refractivity contribution in [2.45, 2.75) is 19.4 Å². The number of hydrogen-bond acceptors (Lipinski definition) is 5. The summed E-state index contributed by atoms with van der Waals surface area (Å²) in [5.41, 5.74) is 2.32. The predicted molar refractivity (Wildman–Crippen MR) is 111 cm³/mol. The summed E-state index contributed by atoms with van der Waals surface area (Å²) in [7, 11) is 0. The van der Waals surface area contributed by atoms with E-state index < -0.39 is 0 Å². The average molecular weight is 398 g/mol. The molecule has 0 radical (unpaired) electrons. The van der Waals surface area contributed by atoms with E-state index in [1.807, 2.05) is 29.6 Å². The first-order chi connectivity index (χ1) is 13.2. The zero-order valence-corrected chi connectivity index (χ0v) is 16.3. The van der Waals surface area contributed by atoms with Crippen LogP contribution < -0.4 is 9.61 Å². The number of aromatic nitrogens is 1. The van der Waals surface area contributed by atoms with Crippen LogP contribution in [0.15, 0.2) is 64.1 Å². The minimum atomic E-state index is -0.154. The summed E-state index contributed by atoms with van der Waals surface area (Å²) in [6.07, 6.45) is 1.95. The molecule has 6 heteroatoms. The molecule has 4 rings (SSSR count). The first-order valence-electron chi connectivity index (χ1n) is 8.75. The molecule has 0 saturated carbocycles. The van der Waals surface area contributed by atoms with Gasteiger partial charge in [-0.3, -0.25) is 9.36 Å². The quantitative estimate of drug-likeness (QED) is 0.452. The number of thiazole rings is 1. The Balaban J connectivity index is 1.47. The van der Waals surface area contributed by atoms with Crippen molar-refractivity contribution in [2.75, 3.05) is 6.61 Å². The van der Waals surface area contributed by atoms with Crippen LogP contribution in [0, 0.1) is 0 Å². The zero-order chi connectivity index (χ0) is 18.6. The van der Waals surface area contributed by atoms with Crippen molar-refractivity contribution < 1.29 is 9.84 Å². The molecule has 0 amide bonds. The number of hydrogen-bond donors (Lipinski definition) is 1. The van der Waals surface area contributed by atoms with Crippen LogP contribution in [0.4, 0.5) is 0 Å². The molecule has 4 aromatic rings. The van der Waals surface area contributed by atoms with Crippen LogP contribution in [0.1, 0.15) is 17.5 Å². The van der Waals surface area contributed by atoms with Gasteiger partial charge in [-0.25, -0.2) is 0 Å². The Morgan fingerprint density at radius 3 is 2.67 bits per heavy atom. The molecule has 2 aromatic carbocycles. The molecule has 4 nitrogen and oxygen atoms in total. The summed E-state index contributed by atoms with van der Waals surface area (Å²) >= 11 is 2.63. The monoisotopic (exact) mass is 397 g/mol. The summed E-state index contributed by atoms with van der Waals surface area (Å²) in [5, 5.41) is 14.4. The fourth-order valence-corrected chi connectivity index (χ4v) is 4.63. The van der Waals surface area contributed by atoms with E-state index in [0.29, 0.717) is 13.2 Å². The van der Waals surface area contributed by atoms with Gasteiger partial charge >= 0.3 is 4.87 Å². The summed E-state index contributed by atoms with van der Waals surface area (Å²) in [4.78, 5) is 11.7. The SMILES string of the molecule is O=c1scc(O)n1Cc1ccc(OCCCc2ccccc2)c2ccsc12. The van der Waals surface area contributed by atoms with E-state index in [4.69, 9.17) is 4.74 Å². The van der Waals surface area contributed by atoms with E-state index in [9.17, 15) is 9.90 Å². The Kier molecular flexibility index (Phi) is 5.27. The van der Waals surface area contributed by atoms with Gasteiger partial charge in [0.2, 0.25) is 5.88 Å². The molecule has 138 valence electrons. The number of nitrogens with zero attached hydrogens (tertiary/aromatic N) is 1. The van der Waals surface area contributed by atoms with E-state index in [1.165, 1.54) is 15.5 Å². The van der Waals surface area contributed by atoms with Gasteiger partial charge in [0.25, 0.3) is 0 Å². The van der Waals surface area contributed by atoms with E-state index in [-0.39, 0.29) is 10.8 Å². The smallest absolute Gasteiger partial charge is 0.310 e. The minimum Gasteiger partial charge on any atom is -0.494 e. The highest BCUT2D eigenvalue weighted by Gasteiger charge is 2.12. The molecular weight excluding hydrogens is 378 g/mol. The highest BCUT2D eigenvalue weighted by Crippen LogP contribution is 2.33. The molecule has 0 saturated heterocycles. The second-order valence-corrected chi connectivity index (χ2v) is 8.01. The zero-order valence-electron chi connectivity index (χ0n) is 14.6. The molecule has 1 N–H and O–H groups in total. The standard InChI is InChI=1S/C21H19NO3S2/c23-19-14-27-21(24)22(19)13-16-8-9-18(17-10-12-26-20(16)17)25-11-4-7-15-5-2-1-3-6-15/h1-3,5-6,8-10,12,14,23H,4,7,11,13H2. The first kappa shape index (κ1) is 17.8. The van der Waals surface area contributed by atoms with Crippen molar-refractivity contribution in [3.63, 3.8) is 0 Å². The van der Waals surface area contributed by atoms with Gasteiger partial charge < -0.3 is 9.84 Å². The van der Waals surface area contributed by atoms with Gasteiger partial charge in [-0.2, -0.15) is 0 Å². The lowest BCUT2D eigenvalue weighted by molar-refractivity contribution is 0.314. The molecule has 0 aliphatic rings. The highest BCUT2D eigenvalue weighted by molar-refractivity contribution is 7.17. The maximum atomic E-state index is 11.9. The second kappa shape index (κ2) is 7.98. The number of ether oxygens (including phenoxy) is 1. The van der Waals surface area contributed by atoms with Gasteiger partial charge in [-0.1, -0.05) is 47.7 Å². The van der Waals surface area contributed by atoms with Crippen molar-refractivity contribution in [2.24, 2.45) is 0 Å². The molecule has 0 fully saturated rings. The summed E-state index contributed by atoms with van der Waals surface area (Å²) < 4.78 is 8.51. The van der Waals surface area contributed by atoms with E-state index in [0.717, 1.165) is 45.6 Å². The summed E-state index contributed by atoms with van der Waals surface area (Å²) in [6.45, 7) is 1.02. The molecular formula is C21H19NO3S2. The van der Waals surface area contributed by atoms with E-state index in [1.54, 1.807) is 11.3 Å². The predicted octanol–water partition coefficient (Wildman–Crippen LogP) is 4.89. The lowest BCUT2D eigenvalue weighted by Gasteiger charge is -2.11. The van der Waals surface area contributed by atoms with Gasteiger partial charge in [0, 0.05) is 10.1 Å². The van der Waals surface area contributed by atoms with Crippen molar-refractivity contribution in [1.29, 1.82) is 0 Å². The van der Waals surface area contributed by atoms with Crippen molar-refractivity contribution in [3.05, 3.63) is 80.1 Å². The van der Waals surface area contributed by atoms with Crippen LogP contribution in [0.3, 0.4) is 0 Å². The summed E-state index contributed by atoms with van der Waals surface area (Å²) in [5.74, 6) is 0.876. The van der Waals surface area contributed by atoms with Crippen LogP contribution in [0.2, 0.25) is 0 Å². The third-order valence-electron chi connectivity index (χ3n) is 4.46. The molecule has 0 aliphatic carbocycles. The molecule has 2 aromatic heterocycles. The fraction of sp³-hybridized carbons (Fsp3) is 0.190. The number of fused-ring (bicyclic) bond motifs is 1. The molecule has 27 heavy (non-hydrogen) atoms. The molecule has 0 spiro atoms. The van der Waals surface area contributed by atoms with E-state index >= 15 is 0 Å². The number of rotatable bonds is 7. The number of thiophene rings is 1. The van der Waals surface area contributed by atoms with Crippen LogP contribution in [-0.4, -0.2) is 16.3 Å². The van der Waals surface area contributed by atoms with Crippen molar-refractivity contribution in [1.82, 2.24) is 4.57 Å². The molecule has 2 heterocycles. The van der Waals surface area contributed by atoms with Crippen LogP contribution in [0.25, 0.3) is 10.1 Å². The Hall–Kier alpha value is -2.57. The van der Waals surface area contributed by atoms with Crippen LogP contribution >= 0.6 is 22.7 Å². The molecule has 0 unspecified atom stereocenters. The minimum absolute atomic E-state index is 0.0101. The number of aromatic hydroxyl groups is 1. The highest BCUT2D eigenvalue weighted by atomic mass is 32.1. The van der Waals surface area contributed by atoms with Crippen molar-refractivity contribution in [3.8, 4) is 11.6 Å². The third kappa shape index (κ3) is 3.91. The second-order valence-electron chi connectivity index (χ2n) is 6.27. The van der Waals surface area contributed by atoms with Gasteiger partial charge in [0.05, 0.1) is 18.5 Å². The van der Waals surface area contributed by atoms with Gasteiger partial charge in [-0.15, -0.1) is 11.3 Å². The largest absolute Gasteiger partial charge is 0.494 e. The van der Waals surface area contributed by atoms with E-state index in [2.05, 4.69) is 24.3 Å². The molecule has 0 bridgehead atoms. The van der Waals surface area contributed by atoms with Gasteiger partial charge in [-0.05, 0) is 41.5 Å². The van der Waals surface area contributed by atoms with Crippen molar-refractivity contribution >= 4 is 32.8 Å². The Labute approximate surface area is 164 Å². The third-order valence-corrected chi connectivity index (χ3v) is 6.20. The van der Waals surface area contributed by atoms with Gasteiger partial charge in [0.1, 0.15) is 5.75 Å². The fourth-order valence-electron chi connectivity index (χ4n) is 3.09. The maximum absolute atomic E-state index is 11.9. The Bertz CT molecular complexity index is 1100. The maximum Gasteiger partial charge on any atom is 0.310 e. The lowest BCUT2D eigenvalue weighted by atomic mass is 10.1. The number of aryl methyl sites for hydroxylation is 1. The molecule has 0 atom stereocenters. The first-order valence-corrected chi connectivity index (χ1v) is 10.5. The topological polar surface area (TPSA) is 51.5 Å².